The van der Waals surface area contributed by atoms with Crippen LogP contribution >= 0.6 is 11.5 Å². The molecule has 1 aliphatic rings. The molecule has 1 aromatic carbocycles. The van der Waals surface area contributed by atoms with Crippen molar-refractivity contribution in [2.45, 2.75) is 12.6 Å². The lowest BCUT2D eigenvalue weighted by Crippen LogP contribution is -2.44. The van der Waals surface area contributed by atoms with Crippen LogP contribution in [-0.4, -0.2) is 46.6 Å². The standard InChI is InChI=1S/C14H18N4OS/c1-2-4-12(5-3-1)9-18-6-7-19-13(10-18)8-15-14-16-11-17-20-14/h1-5,11,13H,6-10H2,(H,15,16,17). The van der Waals surface area contributed by atoms with E-state index >= 15 is 0 Å². The molecule has 2 heterocycles. The van der Waals surface area contributed by atoms with Gasteiger partial charge in [0.2, 0.25) is 5.13 Å². The molecule has 6 heteroatoms. The molecule has 1 aromatic heterocycles. The lowest BCUT2D eigenvalue weighted by molar-refractivity contribution is -0.0240. The molecule has 1 unspecified atom stereocenters. The zero-order valence-corrected chi connectivity index (χ0v) is 12.1. The van der Waals surface area contributed by atoms with E-state index in [1.165, 1.54) is 17.1 Å². The van der Waals surface area contributed by atoms with Gasteiger partial charge in [0, 0.05) is 37.7 Å². The second-order valence-electron chi connectivity index (χ2n) is 4.84. The average molecular weight is 290 g/mol. The van der Waals surface area contributed by atoms with Crippen molar-refractivity contribution in [2.75, 3.05) is 31.6 Å². The fourth-order valence-electron chi connectivity index (χ4n) is 2.34. The van der Waals surface area contributed by atoms with Crippen LogP contribution in [0.5, 0.6) is 0 Å². The number of ether oxygens (including phenoxy) is 1. The normalized spacial score (nSPS) is 19.9. The Hall–Kier alpha value is -1.50. The average Bonchev–Trinajstić information content (AvgIpc) is 3.00. The molecule has 5 nitrogen and oxygen atoms in total. The van der Waals surface area contributed by atoms with E-state index in [1.54, 1.807) is 6.33 Å². The Morgan fingerprint density at radius 1 is 1.35 bits per heavy atom. The van der Waals surface area contributed by atoms with E-state index in [0.29, 0.717) is 0 Å². The van der Waals surface area contributed by atoms with Gasteiger partial charge < -0.3 is 10.1 Å². The predicted octanol–water partition coefficient (Wildman–Crippen LogP) is 1.85. The Balaban J connectivity index is 1.49. The van der Waals surface area contributed by atoms with Crippen molar-refractivity contribution >= 4 is 16.7 Å². The first-order valence-electron chi connectivity index (χ1n) is 6.78. The maximum absolute atomic E-state index is 5.80. The number of hydrogen-bond donors (Lipinski definition) is 1. The van der Waals surface area contributed by atoms with Gasteiger partial charge in [-0.1, -0.05) is 30.3 Å². The summed E-state index contributed by atoms with van der Waals surface area (Å²) >= 11 is 1.37. The van der Waals surface area contributed by atoms with E-state index in [4.69, 9.17) is 4.74 Å². The van der Waals surface area contributed by atoms with Crippen LogP contribution < -0.4 is 5.32 Å². The zero-order valence-electron chi connectivity index (χ0n) is 11.2. The molecule has 1 fully saturated rings. The third-order valence-electron chi connectivity index (χ3n) is 3.31. The molecule has 0 saturated carbocycles. The number of hydrogen-bond acceptors (Lipinski definition) is 6. The molecular formula is C14H18N4OS. The van der Waals surface area contributed by atoms with Crippen molar-refractivity contribution in [2.24, 2.45) is 0 Å². The number of nitrogens with zero attached hydrogens (tertiary/aromatic N) is 3. The summed E-state index contributed by atoms with van der Waals surface area (Å²) in [5.41, 5.74) is 1.35. The van der Waals surface area contributed by atoms with Gasteiger partial charge in [-0.05, 0) is 5.56 Å². The van der Waals surface area contributed by atoms with Gasteiger partial charge in [0.25, 0.3) is 0 Å². The number of benzene rings is 1. The van der Waals surface area contributed by atoms with Gasteiger partial charge in [-0.25, -0.2) is 4.98 Å². The summed E-state index contributed by atoms with van der Waals surface area (Å²) in [6.45, 7) is 4.49. The van der Waals surface area contributed by atoms with E-state index in [2.05, 4.69) is 49.9 Å². The molecule has 3 rings (SSSR count). The van der Waals surface area contributed by atoms with Crippen LogP contribution in [0.1, 0.15) is 5.56 Å². The van der Waals surface area contributed by atoms with E-state index in [0.717, 1.165) is 37.9 Å². The molecule has 1 N–H and O–H groups in total. The lowest BCUT2D eigenvalue weighted by Gasteiger charge is -2.33. The number of anilines is 1. The topological polar surface area (TPSA) is 50.3 Å². The summed E-state index contributed by atoms with van der Waals surface area (Å²) in [6.07, 6.45) is 1.77. The molecule has 106 valence electrons. The molecule has 1 atom stereocenters. The van der Waals surface area contributed by atoms with Gasteiger partial charge in [-0.2, -0.15) is 4.37 Å². The minimum atomic E-state index is 0.205. The Morgan fingerprint density at radius 3 is 3.05 bits per heavy atom. The van der Waals surface area contributed by atoms with Crippen molar-refractivity contribution in [1.82, 2.24) is 14.3 Å². The number of rotatable bonds is 5. The summed E-state index contributed by atoms with van der Waals surface area (Å²) in [5, 5.41) is 4.13. The highest BCUT2D eigenvalue weighted by Crippen LogP contribution is 2.12. The van der Waals surface area contributed by atoms with E-state index in [9.17, 15) is 0 Å². The molecule has 0 radical (unpaired) electrons. The number of aromatic nitrogens is 2. The summed E-state index contributed by atoms with van der Waals surface area (Å²) in [6, 6.07) is 10.6. The van der Waals surface area contributed by atoms with E-state index < -0.39 is 0 Å². The fourth-order valence-corrected chi connectivity index (χ4v) is 2.78. The molecule has 1 aliphatic heterocycles. The Kier molecular flexibility index (Phi) is 4.57. The summed E-state index contributed by atoms with van der Waals surface area (Å²) in [4.78, 5) is 6.55. The quantitative estimate of drug-likeness (QED) is 0.911. The maximum atomic E-state index is 5.80. The number of morpholine rings is 1. The van der Waals surface area contributed by atoms with Gasteiger partial charge in [0.05, 0.1) is 12.7 Å². The monoisotopic (exact) mass is 290 g/mol. The van der Waals surface area contributed by atoms with E-state index in [1.807, 2.05) is 0 Å². The van der Waals surface area contributed by atoms with Crippen molar-refractivity contribution < 1.29 is 4.74 Å². The van der Waals surface area contributed by atoms with Crippen LogP contribution in [0.3, 0.4) is 0 Å². The first-order chi connectivity index (χ1) is 9.90. The van der Waals surface area contributed by atoms with Crippen LogP contribution in [-0.2, 0) is 11.3 Å². The summed E-state index contributed by atoms with van der Waals surface area (Å²) in [5.74, 6) is 0. The largest absolute Gasteiger partial charge is 0.374 e. The van der Waals surface area contributed by atoms with Crippen LogP contribution in [0.25, 0.3) is 0 Å². The van der Waals surface area contributed by atoms with Gasteiger partial charge in [-0.15, -0.1) is 0 Å². The molecule has 2 aromatic rings. The maximum Gasteiger partial charge on any atom is 0.202 e. The first-order valence-corrected chi connectivity index (χ1v) is 7.56. The van der Waals surface area contributed by atoms with Crippen molar-refractivity contribution in [3.63, 3.8) is 0 Å². The highest BCUT2D eigenvalue weighted by molar-refractivity contribution is 7.09. The van der Waals surface area contributed by atoms with Gasteiger partial charge in [0.1, 0.15) is 6.33 Å². The highest BCUT2D eigenvalue weighted by atomic mass is 32.1. The Labute approximate surface area is 122 Å². The molecule has 1 saturated heterocycles. The van der Waals surface area contributed by atoms with Gasteiger partial charge >= 0.3 is 0 Å². The van der Waals surface area contributed by atoms with Crippen molar-refractivity contribution in [3.05, 3.63) is 42.2 Å². The molecule has 20 heavy (non-hydrogen) atoms. The second kappa shape index (κ2) is 6.78. The third-order valence-corrected chi connectivity index (χ3v) is 3.94. The highest BCUT2D eigenvalue weighted by Gasteiger charge is 2.20. The minimum Gasteiger partial charge on any atom is -0.374 e. The first kappa shape index (κ1) is 13.5. The third kappa shape index (κ3) is 3.75. The van der Waals surface area contributed by atoms with Crippen LogP contribution in [0.4, 0.5) is 5.13 Å². The second-order valence-corrected chi connectivity index (χ2v) is 5.62. The summed E-state index contributed by atoms with van der Waals surface area (Å²) < 4.78 is 9.77. The molecule has 0 aliphatic carbocycles. The lowest BCUT2D eigenvalue weighted by atomic mass is 10.2. The van der Waals surface area contributed by atoms with Crippen LogP contribution in [0.15, 0.2) is 36.7 Å². The molecular weight excluding hydrogens is 272 g/mol. The van der Waals surface area contributed by atoms with Crippen molar-refractivity contribution in [3.8, 4) is 0 Å². The van der Waals surface area contributed by atoms with Crippen molar-refractivity contribution in [1.29, 1.82) is 0 Å². The van der Waals surface area contributed by atoms with E-state index in [-0.39, 0.29) is 6.10 Å². The molecule has 0 bridgehead atoms. The zero-order chi connectivity index (χ0) is 13.6. The predicted molar refractivity (Wildman–Crippen MR) is 79.9 cm³/mol. The number of nitrogens with one attached hydrogen (secondary N) is 1. The molecule has 0 spiro atoms. The van der Waals surface area contributed by atoms with Crippen LogP contribution in [0.2, 0.25) is 0 Å². The smallest absolute Gasteiger partial charge is 0.202 e. The Bertz CT molecular complexity index is 505. The fraction of sp³-hybridized carbons (Fsp3) is 0.429. The Morgan fingerprint density at radius 2 is 2.25 bits per heavy atom. The van der Waals surface area contributed by atoms with Gasteiger partial charge in [0.15, 0.2) is 0 Å². The molecule has 0 amide bonds. The SMILES string of the molecule is c1ccc(CN2CCOC(CNc3ncns3)C2)cc1. The summed E-state index contributed by atoms with van der Waals surface area (Å²) in [7, 11) is 0. The van der Waals surface area contributed by atoms with Crippen LogP contribution in [0, 0.1) is 0 Å². The van der Waals surface area contributed by atoms with Gasteiger partial charge in [-0.3, -0.25) is 4.90 Å². The minimum absolute atomic E-state index is 0.205.